The van der Waals surface area contributed by atoms with E-state index in [1.807, 2.05) is 0 Å². The van der Waals surface area contributed by atoms with Crippen molar-refractivity contribution in [1.29, 1.82) is 0 Å². The van der Waals surface area contributed by atoms with Crippen molar-refractivity contribution in [2.45, 2.75) is 0 Å². The highest BCUT2D eigenvalue weighted by Gasteiger charge is 2.03. The highest BCUT2D eigenvalue weighted by molar-refractivity contribution is 5.50. The molecule has 66 valence electrons. The second-order valence-corrected chi connectivity index (χ2v) is 2.34. The van der Waals surface area contributed by atoms with Gasteiger partial charge in [0.05, 0.1) is 13.3 Å². The lowest BCUT2D eigenvalue weighted by molar-refractivity contribution is 0.391. The molecule has 0 aliphatic rings. The molecular weight excluding hydrogens is 170 g/mol. The van der Waals surface area contributed by atoms with Crippen LogP contribution in [0.4, 0.5) is 0 Å². The molecular formula is C8H7N3O2. The second-order valence-electron chi connectivity index (χ2n) is 2.34. The van der Waals surface area contributed by atoms with E-state index in [4.69, 9.17) is 9.26 Å². The topological polar surface area (TPSA) is 61.0 Å². The van der Waals surface area contributed by atoms with E-state index in [2.05, 4.69) is 15.4 Å². The lowest BCUT2D eigenvalue weighted by Crippen LogP contribution is -1.91. The third-order valence-electron chi connectivity index (χ3n) is 1.54. The third kappa shape index (κ3) is 1.48. The Bertz CT molecular complexity index is 369. The lowest BCUT2D eigenvalue weighted by Gasteiger charge is -1.96. The van der Waals surface area contributed by atoms with Gasteiger partial charge in [0.25, 0.3) is 0 Å². The Labute approximate surface area is 74.3 Å². The van der Waals surface area contributed by atoms with Crippen molar-refractivity contribution in [1.82, 2.24) is 15.4 Å². The number of nitrogens with zero attached hydrogens (tertiary/aromatic N) is 3. The Kier molecular flexibility index (Phi) is 1.91. The minimum absolute atomic E-state index is 0.475. The first-order valence-electron chi connectivity index (χ1n) is 3.69. The van der Waals surface area contributed by atoms with Crippen LogP contribution in [0.1, 0.15) is 0 Å². The fraction of sp³-hybridized carbons (Fsp3) is 0.125. The zero-order chi connectivity index (χ0) is 9.10. The van der Waals surface area contributed by atoms with Gasteiger partial charge in [-0.3, -0.25) is 0 Å². The lowest BCUT2D eigenvalue weighted by atomic mass is 10.3. The van der Waals surface area contributed by atoms with Crippen molar-refractivity contribution in [3.8, 4) is 17.3 Å². The average Bonchev–Trinajstić information content (AvgIpc) is 2.71. The van der Waals surface area contributed by atoms with Crippen LogP contribution >= 0.6 is 0 Å². The van der Waals surface area contributed by atoms with Crippen LogP contribution in [0.3, 0.4) is 0 Å². The summed E-state index contributed by atoms with van der Waals surface area (Å²) in [4.78, 5) is 0. The van der Waals surface area contributed by atoms with E-state index in [9.17, 15) is 0 Å². The maximum absolute atomic E-state index is 4.90. The van der Waals surface area contributed by atoms with E-state index in [0.717, 1.165) is 0 Å². The highest BCUT2D eigenvalue weighted by Crippen LogP contribution is 2.15. The van der Waals surface area contributed by atoms with E-state index in [-0.39, 0.29) is 0 Å². The molecule has 0 fully saturated rings. The zero-order valence-electron chi connectivity index (χ0n) is 6.97. The van der Waals surface area contributed by atoms with Crippen LogP contribution < -0.4 is 4.74 Å². The Morgan fingerprint density at radius 1 is 1.23 bits per heavy atom. The number of rotatable bonds is 2. The minimum Gasteiger partial charge on any atom is -0.480 e. The summed E-state index contributed by atoms with van der Waals surface area (Å²) in [7, 11) is 1.54. The molecule has 2 aromatic heterocycles. The van der Waals surface area contributed by atoms with Crippen molar-refractivity contribution >= 4 is 0 Å². The molecule has 13 heavy (non-hydrogen) atoms. The Balaban J connectivity index is 2.33. The molecule has 5 heteroatoms. The van der Waals surface area contributed by atoms with Crippen LogP contribution in [0.5, 0.6) is 5.88 Å². The SMILES string of the molecule is COc1ccc(-c2ccno2)nn1. The molecule has 0 aromatic carbocycles. The van der Waals surface area contributed by atoms with E-state index in [1.165, 1.54) is 7.11 Å². The summed E-state index contributed by atoms with van der Waals surface area (Å²) in [6.45, 7) is 0. The van der Waals surface area contributed by atoms with Gasteiger partial charge in [-0.05, 0) is 6.07 Å². The van der Waals surface area contributed by atoms with Gasteiger partial charge in [-0.2, -0.15) is 0 Å². The molecule has 0 bridgehead atoms. The molecule has 0 saturated heterocycles. The third-order valence-corrected chi connectivity index (χ3v) is 1.54. The summed E-state index contributed by atoms with van der Waals surface area (Å²) in [5, 5.41) is 11.2. The van der Waals surface area contributed by atoms with Crippen LogP contribution in [-0.4, -0.2) is 22.5 Å². The van der Waals surface area contributed by atoms with Gasteiger partial charge in [-0.15, -0.1) is 10.2 Å². The van der Waals surface area contributed by atoms with Gasteiger partial charge in [0, 0.05) is 12.1 Å². The normalized spacial score (nSPS) is 9.92. The van der Waals surface area contributed by atoms with Gasteiger partial charge < -0.3 is 9.26 Å². The first-order valence-corrected chi connectivity index (χ1v) is 3.69. The first kappa shape index (κ1) is 7.72. The van der Waals surface area contributed by atoms with Gasteiger partial charge in [0.1, 0.15) is 5.69 Å². The zero-order valence-corrected chi connectivity index (χ0v) is 6.97. The predicted octanol–water partition coefficient (Wildman–Crippen LogP) is 1.14. The maximum atomic E-state index is 4.90. The monoisotopic (exact) mass is 177 g/mol. The summed E-state index contributed by atoms with van der Waals surface area (Å²) in [6, 6.07) is 5.19. The van der Waals surface area contributed by atoms with Crippen LogP contribution in [0.2, 0.25) is 0 Å². The van der Waals surface area contributed by atoms with E-state index in [0.29, 0.717) is 17.3 Å². The number of aromatic nitrogens is 3. The molecule has 0 aliphatic heterocycles. The van der Waals surface area contributed by atoms with Crippen molar-refractivity contribution in [3.05, 3.63) is 24.4 Å². The number of hydrogen-bond donors (Lipinski definition) is 0. The number of ether oxygens (including phenoxy) is 1. The van der Waals surface area contributed by atoms with E-state index >= 15 is 0 Å². The van der Waals surface area contributed by atoms with Crippen molar-refractivity contribution in [3.63, 3.8) is 0 Å². The van der Waals surface area contributed by atoms with Crippen LogP contribution in [0, 0.1) is 0 Å². The number of methoxy groups -OCH3 is 1. The summed E-state index contributed by atoms with van der Waals surface area (Å²) < 4.78 is 9.77. The first-order chi connectivity index (χ1) is 6.40. The minimum atomic E-state index is 0.475. The molecule has 2 heterocycles. The molecule has 0 atom stereocenters. The average molecular weight is 177 g/mol. The molecule has 0 aliphatic carbocycles. The van der Waals surface area contributed by atoms with Gasteiger partial charge in [-0.25, -0.2) is 0 Å². The number of hydrogen-bond acceptors (Lipinski definition) is 5. The predicted molar refractivity (Wildman–Crippen MR) is 44.1 cm³/mol. The van der Waals surface area contributed by atoms with Crippen LogP contribution in [0.15, 0.2) is 28.9 Å². The fourth-order valence-corrected chi connectivity index (χ4v) is 0.908. The van der Waals surface area contributed by atoms with Gasteiger partial charge >= 0.3 is 0 Å². The highest BCUT2D eigenvalue weighted by atomic mass is 16.5. The largest absolute Gasteiger partial charge is 0.480 e. The molecule has 2 aromatic rings. The van der Waals surface area contributed by atoms with Crippen molar-refractivity contribution in [2.24, 2.45) is 0 Å². The van der Waals surface area contributed by atoms with Gasteiger partial charge in [0.15, 0.2) is 5.76 Å². The van der Waals surface area contributed by atoms with E-state index < -0.39 is 0 Å². The molecule has 5 nitrogen and oxygen atoms in total. The summed E-state index contributed by atoms with van der Waals surface area (Å²) >= 11 is 0. The maximum Gasteiger partial charge on any atom is 0.233 e. The Hall–Kier alpha value is -1.91. The molecule has 0 spiro atoms. The van der Waals surface area contributed by atoms with Crippen LogP contribution in [0.25, 0.3) is 11.5 Å². The molecule has 2 rings (SSSR count). The fourth-order valence-electron chi connectivity index (χ4n) is 0.908. The molecule has 0 radical (unpaired) electrons. The molecule has 0 saturated carbocycles. The summed E-state index contributed by atoms with van der Waals surface area (Å²) in [6.07, 6.45) is 1.56. The standard InChI is InChI=1S/C8H7N3O2/c1-12-8-3-2-6(10-11-8)7-4-5-9-13-7/h2-5H,1H3. The summed E-state index contributed by atoms with van der Waals surface area (Å²) in [5.41, 5.74) is 0.637. The quantitative estimate of drug-likeness (QED) is 0.688. The molecule has 0 N–H and O–H groups in total. The van der Waals surface area contributed by atoms with E-state index in [1.54, 1.807) is 24.4 Å². The van der Waals surface area contributed by atoms with Crippen LogP contribution in [-0.2, 0) is 0 Å². The smallest absolute Gasteiger partial charge is 0.233 e. The van der Waals surface area contributed by atoms with Gasteiger partial charge in [-0.1, -0.05) is 5.16 Å². The summed E-state index contributed by atoms with van der Waals surface area (Å²) in [5.74, 6) is 1.07. The molecule has 0 unspecified atom stereocenters. The Morgan fingerprint density at radius 3 is 2.69 bits per heavy atom. The molecule has 0 amide bonds. The second kappa shape index (κ2) is 3.22. The van der Waals surface area contributed by atoms with Crippen molar-refractivity contribution < 1.29 is 9.26 Å². The van der Waals surface area contributed by atoms with Crippen molar-refractivity contribution in [2.75, 3.05) is 7.11 Å². The van der Waals surface area contributed by atoms with Gasteiger partial charge in [0.2, 0.25) is 5.88 Å². The Morgan fingerprint density at radius 2 is 2.15 bits per heavy atom.